The second-order valence-electron chi connectivity index (χ2n) is 6.81. The number of imidazole rings is 1. The van der Waals surface area contributed by atoms with Crippen molar-refractivity contribution >= 4 is 11.0 Å². The van der Waals surface area contributed by atoms with Crippen LogP contribution in [0.2, 0.25) is 0 Å². The third-order valence-electron chi connectivity index (χ3n) is 5.14. The molecule has 1 aromatic carbocycles. The van der Waals surface area contributed by atoms with Crippen molar-refractivity contribution in [3.05, 3.63) is 42.5 Å². The van der Waals surface area contributed by atoms with E-state index in [1.807, 2.05) is 12.3 Å². The van der Waals surface area contributed by atoms with Crippen LogP contribution in [0, 0.1) is 0 Å². The van der Waals surface area contributed by atoms with Gasteiger partial charge in [-0.2, -0.15) is 0 Å². The van der Waals surface area contributed by atoms with Gasteiger partial charge >= 0.3 is 0 Å². The highest BCUT2D eigenvalue weighted by Gasteiger charge is 2.19. The van der Waals surface area contributed by atoms with E-state index in [9.17, 15) is 0 Å². The molecule has 1 N–H and O–H groups in total. The van der Waals surface area contributed by atoms with E-state index in [-0.39, 0.29) is 0 Å². The SMILES string of the molecule is COc1cncc(-c2ccc3[nH]c(CCN4CCC[C@H]4C)nc3c2)c1. The lowest BCUT2D eigenvalue weighted by atomic mass is 10.1. The van der Waals surface area contributed by atoms with Crippen LogP contribution < -0.4 is 4.74 Å². The highest BCUT2D eigenvalue weighted by atomic mass is 16.5. The molecule has 0 unspecified atom stereocenters. The monoisotopic (exact) mass is 336 g/mol. The van der Waals surface area contributed by atoms with Crippen molar-refractivity contribution in [1.29, 1.82) is 0 Å². The molecular formula is C20H24N4O. The Bertz CT molecular complexity index is 873. The number of aromatic amines is 1. The number of methoxy groups -OCH3 is 1. The highest BCUT2D eigenvalue weighted by molar-refractivity contribution is 5.82. The standard InChI is InChI=1S/C20H24N4O/c1-14-4-3-8-24(14)9-7-20-22-18-6-5-15(11-19(18)23-20)16-10-17(25-2)13-21-12-16/h5-6,10-14H,3-4,7-9H2,1-2H3,(H,22,23)/t14-/m1/s1. The second kappa shape index (κ2) is 6.84. The van der Waals surface area contributed by atoms with E-state index >= 15 is 0 Å². The topological polar surface area (TPSA) is 54.0 Å². The van der Waals surface area contributed by atoms with Crippen LogP contribution in [0.5, 0.6) is 5.75 Å². The molecule has 1 fully saturated rings. The fraction of sp³-hybridized carbons (Fsp3) is 0.400. The van der Waals surface area contributed by atoms with E-state index in [1.54, 1.807) is 13.3 Å². The smallest absolute Gasteiger partial charge is 0.137 e. The minimum absolute atomic E-state index is 0.705. The number of fused-ring (bicyclic) bond motifs is 1. The Morgan fingerprint density at radius 3 is 2.96 bits per heavy atom. The zero-order chi connectivity index (χ0) is 17.2. The van der Waals surface area contributed by atoms with Crippen LogP contribution in [0.25, 0.3) is 22.2 Å². The molecule has 130 valence electrons. The Balaban J connectivity index is 1.54. The summed E-state index contributed by atoms with van der Waals surface area (Å²) in [4.78, 5) is 15.0. The van der Waals surface area contributed by atoms with Crippen LogP contribution in [-0.2, 0) is 6.42 Å². The number of hydrogen-bond donors (Lipinski definition) is 1. The van der Waals surface area contributed by atoms with E-state index in [1.165, 1.54) is 19.4 Å². The summed E-state index contributed by atoms with van der Waals surface area (Å²) in [7, 11) is 1.66. The van der Waals surface area contributed by atoms with Gasteiger partial charge in [0.05, 0.1) is 24.3 Å². The molecular weight excluding hydrogens is 312 g/mol. The quantitative estimate of drug-likeness (QED) is 0.772. The highest BCUT2D eigenvalue weighted by Crippen LogP contribution is 2.25. The molecule has 2 aromatic heterocycles. The van der Waals surface area contributed by atoms with Gasteiger partial charge in [0, 0.05) is 30.8 Å². The maximum Gasteiger partial charge on any atom is 0.137 e. The van der Waals surface area contributed by atoms with Gasteiger partial charge in [-0.1, -0.05) is 6.07 Å². The molecule has 0 aliphatic carbocycles. The van der Waals surface area contributed by atoms with Crippen LogP contribution in [0.3, 0.4) is 0 Å². The third-order valence-corrected chi connectivity index (χ3v) is 5.14. The third kappa shape index (κ3) is 3.37. The van der Waals surface area contributed by atoms with Crippen LogP contribution in [0.4, 0.5) is 0 Å². The molecule has 1 aliphatic heterocycles. The number of likely N-dealkylation sites (tertiary alicyclic amines) is 1. The number of aromatic nitrogens is 3. The van der Waals surface area contributed by atoms with Gasteiger partial charge in [-0.3, -0.25) is 4.98 Å². The molecule has 3 heterocycles. The van der Waals surface area contributed by atoms with Gasteiger partial charge in [0.2, 0.25) is 0 Å². The maximum absolute atomic E-state index is 5.27. The molecule has 1 atom stereocenters. The number of ether oxygens (including phenoxy) is 1. The maximum atomic E-state index is 5.27. The van der Waals surface area contributed by atoms with E-state index < -0.39 is 0 Å². The van der Waals surface area contributed by atoms with E-state index in [4.69, 9.17) is 9.72 Å². The average molecular weight is 336 g/mol. The molecule has 0 saturated carbocycles. The molecule has 25 heavy (non-hydrogen) atoms. The van der Waals surface area contributed by atoms with Gasteiger partial charge in [0.1, 0.15) is 11.6 Å². The first-order chi connectivity index (χ1) is 12.2. The van der Waals surface area contributed by atoms with Crippen molar-refractivity contribution in [1.82, 2.24) is 19.9 Å². The van der Waals surface area contributed by atoms with Crippen molar-refractivity contribution < 1.29 is 4.74 Å². The summed E-state index contributed by atoms with van der Waals surface area (Å²) in [5.74, 6) is 1.83. The zero-order valence-electron chi connectivity index (χ0n) is 14.8. The Hall–Kier alpha value is -2.40. The summed E-state index contributed by atoms with van der Waals surface area (Å²) in [5.41, 5.74) is 4.23. The Labute approximate surface area is 148 Å². The van der Waals surface area contributed by atoms with Crippen LogP contribution in [0.15, 0.2) is 36.7 Å². The fourth-order valence-corrected chi connectivity index (χ4v) is 3.62. The molecule has 1 saturated heterocycles. The second-order valence-corrected chi connectivity index (χ2v) is 6.81. The Morgan fingerprint density at radius 2 is 2.16 bits per heavy atom. The van der Waals surface area contributed by atoms with Crippen LogP contribution >= 0.6 is 0 Å². The first kappa shape index (κ1) is 16.1. The number of rotatable bonds is 5. The van der Waals surface area contributed by atoms with Crippen LogP contribution in [-0.4, -0.2) is 46.1 Å². The lowest BCUT2D eigenvalue weighted by molar-refractivity contribution is 0.271. The van der Waals surface area contributed by atoms with Gasteiger partial charge in [-0.25, -0.2) is 4.98 Å². The lowest BCUT2D eigenvalue weighted by Crippen LogP contribution is -2.29. The summed E-state index contributed by atoms with van der Waals surface area (Å²) in [6.45, 7) is 4.61. The summed E-state index contributed by atoms with van der Waals surface area (Å²) in [6.07, 6.45) is 7.17. The van der Waals surface area contributed by atoms with E-state index in [0.29, 0.717) is 6.04 Å². The molecule has 0 spiro atoms. The minimum Gasteiger partial charge on any atom is -0.495 e. The number of nitrogens with one attached hydrogen (secondary N) is 1. The van der Waals surface area contributed by atoms with Crippen molar-refractivity contribution in [3.8, 4) is 16.9 Å². The summed E-state index contributed by atoms with van der Waals surface area (Å²) in [5, 5.41) is 0. The van der Waals surface area contributed by atoms with Gasteiger partial charge in [0.25, 0.3) is 0 Å². The lowest BCUT2D eigenvalue weighted by Gasteiger charge is -2.19. The zero-order valence-corrected chi connectivity index (χ0v) is 14.8. The van der Waals surface area contributed by atoms with Crippen LogP contribution in [0.1, 0.15) is 25.6 Å². The van der Waals surface area contributed by atoms with Gasteiger partial charge in [0.15, 0.2) is 0 Å². The van der Waals surface area contributed by atoms with Crippen molar-refractivity contribution in [2.24, 2.45) is 0 Å². The van der Waals surface area contributed by atoms with E-state index in [0.717, 1.165) is 46.7 Å². The molecule has 1 aliphatic rings. The number of pyridine rings is 1. The normalized spacial score (nSPS) is 18.1. The molecule has 0 bridgehead atoms. The van der Waals surface area contributed by atoms with Gasteiger partial charge in [-0.15, -0.1) is 0 Å². The Morgan fingerprint density at radius 1 is 1.24 bits per heavy atom. The number of benzene rings is 1. The van der Waals surface area contributed by atoms with Crippen molar-refractivity contribution in [2.75, 3.05) is 20.2 Å². The molecule has 5 nitrogen and oxygen atoms in total. The molecule has 3 aromatic rings. The van der Waals surface area contributed by atoms with Crippen molar-refractivity contribution in [2.45, 2.75) is 32.2 Å². The molecule has 4 rings (SSSR count). The fourth-order valence-electron chi connectivity index (χ4n) is 3.62. The minimum atomic E-state index is 0.705. The molecule has 0 radical (unpaired) electrons. The predicted octanol–water partition coefficient (Wildman–Crippen LogP) is 3.66. The van der Waals surface area contributed by atoms with Gasteiger partial charge < -0.3 is 14.6 Å². The Kier molecular flexibility index (Phi) is 4.40. The predicted molar refractivity (Wildman–Crippen MR) is 99.8 cm³/mol. The summed E-state index contributed by atoms with van der Waals surface area (Å²) >= 11 is 0. The largest absolute Gasteiger partial charge is 0.495 e. The van der Waals surface area contributed by atoms with Gasteiger partial charge in [-0.05, 0) is 50.1 Å². The molecule has 5 heteroatoms. The molecule has 0 amide bonds. The first-order valence-corrected chi connectivity index (χ1v) is 8.95. The number of H-pyrrole nitrogens is 1. The van der Waals surface area contributed by atoms with E-state index in [2.05, 4.69) is 40.0 Å². The first-order valence-electron chi connectivity index (χ1n) is 8.95. The van der Waals surface area contributed by atoms with Crippen molar-refractivity contribution in [3.63, 3.8) is 0 Å². The number of nitrogens with zero attached hydrogens (tertiary/aromatic N) is 3. The summed E-state index contributed by atoms with van der Waals surface area (Å²) < 4.78 is 5.27. The average Bonchev–Trinajstić information content (AvgIpc) is 3.24. The summed E-state index contributed by atoms with van der Waals surface area (Å²) in [6, 6.07) is 9.01. The number of hydrogen-bond acceptors (Lipinski definition) is 4.